The zero-order chi connectivity index (χ0) is 10.8. The Kier molecular flexibility index (Phi) is 3.00. The van der Waals surface area contributed by atoms with Gasteiger partial charge in [-0.05, 0) is 43.0 Å². The minimum absolute atomic E-state index is 0.107. The van der Waals surface area contributed by atoms with Crippen molar-refractivity contribution in [1.29, 1.82) is 0 Å². The molecule has 80 valence electrons. The molecule has 1 aliphatic carbocycles. The highest BCUT2D eigenvalue weighted by atomic mass is 32.1. The maximum atomic E-state index is 11.9. The number of rotatable bonds is 3. The van der Waals surface area contributed by atoms with Crippen molar-refractivity contribution in [3.8, 4) is 0 Å². The summed E-state index contributed by atoms with van der Waals surface area (Å²) in [5.74, 6) is 0.846. The van der Waals surface area contributed by atoms with Gasteiger partial charge in [-0.2, -0.15) is 0 Å². The van der Waals surface area contributed by atoms with E-state index < -0.39 is 0 Å². The average molecular weight is 221 g/mol. The fourth-order valence-electron chi connectivity index (χ4n) is 1.60. The van der Waals surface area contributed by atoms with Crippen molar-refractivity contribution in [1.82, 2.24) is 4.90 Å². The van der Waals surface area contributed by atoms with Crippen molar-refractivity contribution in [2.45, 2.75) is 17.7 Å². The first-order valence-electron chi connectivity index (χ1n) is 5.21. The lowest BCUT2D eigenvalue weighted by atomic mass is 10.2. The number of carbonyl (C=O) groups is 1. The van der Waals surface area contributed by atoms with Gasteiger partial charge in [-0.1, -0.05) is 0 Å². The second-order valence-corrected chi connectivity index (χ2v) is 4.69. The summed E-state index contributed by atoms with van der Waals surface area (Å²) in [4.78, 5) is 14.6. The highest BCUT2D eigenvalue weighted by Gasteiger charge is 2.25. The molecule has 1 aromatic carbocycles. The number of hydrogen-bond donors (Lipinski definition) is 1. The molecular formula is C12H15NOS. The molecule has 0 atom stereocenters. The molecule has 1 aromatic rings. The van der Waals surface area contributed by atoms with Crippen LogP contribution < -0.4 is 0 Å². The molecule has 0 spiro atoms. The van der Waals surface area contributed by atoms with Crippen molar-refractivity contribution >= 4 is 18.5 Å². The lowest BCUT2D eigenvalue weighted by Gasteiger charge is -2.16. The summed E-state index contributed by atoms with van der Waals surface area (Å²) in [7, 11) is 1.87. The minimum Gasteiger partial charge on any atom is -0.341 e. The summed E-state index contributed by atoms with van der Waals surface area (Å²) in [6.07, 6.45) is 2.54. The molecule has 3 heteroatoms. The molecule has 0 radical (unpaired) electrons. The molecule has 0 unspecified atom stereocenters. The van der Waals surface area contributed by atoms with Crippen LogP contribution in [0.1, 0.15) is 23.2 Å². The molecule has 0 aliphatic heterocycles. The first kappa shape index (κ1) is 10.6. The largest absolute Gasteiger partial charge is 0.341 e. The van der Waals surface area contributed by atoms with Crippen LogP contribution in [0, 0.1) is 5.92 Å². The third-order valence-corrected chi connectivity index (χ3v) is 2.99. The van der Waals surface area contributed by atoms with Crippen molar-refractivity contribution in [2.75, 3.05) is 13.6 Å². The third-order valence-electron chi connectivity index (χ3n) is 2.69. The second kappa shape index (κ2) is 4.27. The van der Waals surface area contributed by atoms with Crippen LogP contribution in [0.4, 0.5) is 0 Å². The van der Waals surface area contributed by atoms with E-state index in [1.54, 1.807) is 0 Å². The van der Waals surface area contributed by atoms with E-state index in [0.29, 0.717) is 0 Å². The zero-order valence-electron chi connectivity index (χ0n) is 8.81. The van der Waals surface area contributed by atoms with E-state index in [0.717, 1.165) is 22.9 Å². The fraction of sp³-hybridized carbons (Fsp3) is 0.417. The predicted octanol–water partition coefficient (Wildman–Crippen LogP) is 2.46. The molecule has 0 aromatic heterocycles. The predicted molar refractivity (Wildman–Crippen MR) is 63.4 cm³/mol. The Morgan fingerprint density at radius 2 is 2.00 bits per heavy atom. The van der Waals surface area contributed by atoms with E-state index in [9.17, 15) is 4.79 Å². The lowest BCUT2D eigenvalue weighted by Crippen LogP contribution is -2.28. The van der Waals surface area contributed by atoms with Gasteiger partial charge in [-0.3, -0.25) is 4.79 Å². The Labute approximate surface area is 95.7 Å². The van der Waals surface area contributed by atoms with Gasteiger partial charge in [-0.15, -0.1) is 12.6 Å². The third kappa shape index (κ3) is 2.75. The first-order chi connectivity index (χ1) is 7.16. The Bertz CT molecular complexity index is 356. The number of amides is 1. The average Bonchev–Trinajstić information content (AvgIpc) is 3.02. The minimum atomic E-state index is 0.107. The number of carbonyl (C=O) groups excluding carboxylic acids is 1. The zero-order valence-corrected chi connectivity index (χ0v) is 9.71. The normalized spacial score (nSPS) is 15.1. The summed E-state index contributed by atoms with van der Waals surface area (Å²) in [6.45, 7) is 0.890. The molecule has 1 saturated carbocycles. The second-order valence-electron chi connectivity index (χ2n) is 4.18. The topological polar surface area (TPSA) is 20.3 Å². The molecular weight excluding hydrogens is 206 g/mol. The van der Waals surface area contributed by atoms with Gasteiger partial charge >= 0.3 is 0 Å². The van der Waals surface area contributed by atoms with Crippen molar-refractivity contribution in [3.05, 3.63) is 29.8 Å². The van der Waals surface area contributed by atoms with Gasteiger partial charge < -0.3 is 4.90 Å². The van der Waals surface area contributed by atoms with Crippen LogP contribution in [0.15, 0.2) is 29.2 Å². The standard InChI is InChI=1S/C12H15NOS/c1-13(8-9-2-3-9)12(14)10-4-6-11(15)7-5-10/h4-7,9,15H,2-3,8H2,1H3. The van der Waals surface area contributed by atoms with Crippen LogP contribution in [0.25, 0.3) is 0 Å². The molecule has 2 nitrogen and oxygen atoms in total. The van der Waals surface area contributed by atoms with Crippen LogP contribution in [-0.4, -0.2) is 24.4 Å². The Morgan fingerprint density at radius 3 is 2.53 bits per heavy atom. The molecule has 0 heterocycles. The van der Waals surface area contributed by atoms with Gasteiger partial charge in [0.1, 0.15) is 0 Å². The molecule has 1 fully saturated rings. The van der Waals surface area contributed by atoms with Crippen molar-refractivity contribution in [2.24, 2.45) is 5.92 Å². The molecule has 1 amide bonds. The van der Waals surface area contributed by atoms with Crippen LogP contribution in [0.3, 0.4) is 0 Å². The lowest BCUT2D eigenvalue weighted by molar-refractivity contribution is 0.0788. The van der Waals surface area contributed by atoms with Crippen LogP contribution in [0.5, 0.6) is 0 Å². The Hall–Kier alpha value is -0.960. The molecule has 0 N–H and O–H groups in total. The monoisotopic (exact) mass is 221 g/mol. The Morgan fingerprint density at radius 1 is 1.40 bits per heavy atom. The van der Waals surface area contributed by atoms with Gasteiger partial charge in [0.15, 0.2) is 0 Å². The van der Waals surface area contributed by atoms with Crippen LogP contribution >= 0.6 is 12.6 Å². The van der Waals surface area contributed by atoms with Gasteiger partial charge in [0.25, 0.3) is 5.91 Å². The smallest absolute Gasteiger partial charge is 0.253 e. The van der Waals surface area contributed by atoms with Gasteiger partial charge in [-0.25, -0.2) is 0 Å². The highest BCUT2D eigenvalue weighted by molar-refractivity contribution is 7.80. The summed E-state index contributed by atoms with van der Waals surface area (Å²) >= 11 is 4.19. The summed E-state index contributed by atoms with van der Waals surface area (Å²) in [5, 5.41) is 0. The highest BCUT2D eigenvalue weighted by Crippen LogP contribution is 2.29. The maximum Gasteiger partial charge on any atom is 0.253 e. The number of nitrogens with zero attached hydrogens (tertiary/aromatic N) is 1. The van der Waals surface area contributed by atoms with Crippen molar-refractivity contribution in [3.63, 3.8) is 0 Å². The molecule has 2 rings (SSSR count). The van der Waals surface area contributed by atoms with Crippen LogP contribution in [-0.2, 0) is 0 Å². The van der Waals surface area contributed by atoms with E-state index >= 15 is 0 Å². The quantitative estimate of drug-likeness (QED) is 0.777. The fourth-order valence-corrected chi connectivity index (χ4v) is 1.74. The maximum absolute atomic E-state index is 11.9. The van der Waals surface area contributed by atoms with E-state index in [1.165, 1.54) is 12.8 Å². The molecule has 0 saturated heterocycles. The summed E-state index contributed by atoms with van der Waals surface area (Å²) < 4.78 is 0. The molecule has 15 heavy (non-hydrogen) atoms. The van der Waals surface area contributed by atoms with Gasteiger partial charge in [0.2, 0.25) is 0 Å². The van der Waals surface area contributed by atoms with Gasteiger partial charge in [0.05, 0.1) is 0 Å². The SMILES string of the molecule is CN(CC1CC1)C(=O)c1ccc(S)cc1. The van der Waals surface area contributed by atoms with E-state index in [4.69, 9.17) is 0 Å². The van der Waals surface area contributed by atoms with E-state index in [1.807, 2.05) is 36.2 Å². The molecule has 1 aliphatic rings. The van der Waals surface area contributed by atoms with Crippen LogP contribution in [0.2, 0.25) is 0 Å². The number of hydrogen-bond acceptors (Lipinski definition) is 2. The van der Waals surface area contributed by atoms with E-state index in [-0.39, 0.29) is 5.91 Å². The summed E-state index contributed by atoms with van der Waals surface area (Å²) in [5.41, 5.74) is 0.746. The first-order valence-corrected chi connectivity index (χ1v) is 5.66. The summed E-state index contributed by atoms with van der Waals surface area (Å²) in [6, 6.07) is 7.35. The number of thiol groups is 1. The van der Waals surface area contributed by atoms with Gasteiger partial charge in [0, 0.05) is 24.1 Å². The van der Waals surface area contributed by atoms with Crippen molar-refractivity contribution < 1.29 is 4.79 Å². The Balaban J connectivity index is 2.02. The molecule has 0 bridgehead atoms. The number of benzene rings is 1. The van der Waals surface area contributed by atoms with E-state index in [2.05, 4.69) is 12.6 Å².